The van der Waals surface area contributed by atoms with Gasteiger partial charge in [0.1, 0.15) is 5.75 Å². The van der Waals surface area contributed by atoms with Crippen molar-refractivity contribution in [2.45, 2.75) is 6.92 Å². The lowest BCUT2D eigenvalue weighted by Gasteiger charge is -2.09. The number of hydrogen-bond donors (Lipinski definition) is 2. The molecule has 0 aliphatic rings. The molecule has 0 bridgehead atoms. The number of hydrogen-bond acceptors (Lipinski definition) is 3. The second-order valence-electron chi connectivity index (χ2n) is 4.39. The van der Waals surface area contributed by atoms with Crippen LogP contribution in [0.25, 0.3) is 0 Å². The molecule has 0 radical (unpaired) electrons. The van der Waals surface area contributed by atoms with E-state index in [1.165, 1.54) is 0 Å². The van der Waals surface area contributed by atoms with E-state index in [9.17, 15) is 4.79 Å². The Morgan fingerprint density at radius 2 is 1.95 bits per heavy atom. The molecule has 104 valence electrons. The molecule has 2 rings (SSSR count). The van der Waals surface area contributed by atoms with Gasteiger partial charge in [-0.1, -0.05) is 17.7 Å². The van der Waals surface area contributed by atoms with Crippen LogP contribution in [0.4, 0.5) is 11.4 Å². The Balaban J connectivity index is 1.90. The van der Waals surface area contributed by atoms with Gasteiger partial charge in [0.25, 0.3) is 5.91 Å². The quantitative estimate of drug-likeness (QED) is 0.850. The molecule has 0 saturated heterocycles. The fraction of sp³-hybridized carbons (Fsp3) is 0.133. The molecule has 0 aliphatic carbocycles. The molecule has 4 nitrogen and oxygen atoms in total. The largest absolute Gasteiger partial charge is 0.484 e. The van der Waals surface area contributed by atoms with Gasteiger partial charge < -0.3 is 15.8 Å². The summed E-state index contributed by atoms with van der Waals surface area (Å²) in [4.78, 5) is 11.8. The van der Waals surface area contributed by atoms with Crippen molar-refractivity contribution < 1.29 is 9.53 Å². The van der Waals surface area contributed by atoms with Crippen molar-refractivity contribution in [2.75, 3.05) is 17.7 Å². The third-order valence-electron chi connectivity index (χ3n) is 2.65. The van der Waals surface area contributed by atoms with Crippen molar-refractivity contribution in [1.82, 2.24) is 0 Å². The van der Waals surface area contributed by atoms with Crippen LogP contribution in [0, 0.1) is 6.92 Å². The van der Waals surface area contributed by atoms with E-state index in [0.717, 1.165) is 5.56 Å². The fourth-order valence-electron chi connectivity index (χ4n) is 1.62. The monoisotopic (exact) mass is 290 g/mol. The molecular formula is C15H15ClN2O2. The first-order valence-electron chi connectivity index (χ1n) is 6.09. The summed E-state index contributed by atoms with van der Waals surface area (Å²) >= 11 is 6.04. The third-order valence-corrected chi connectivity index (χ3v) is 2.96. The molecule has 2 aromatic rings. The van der Waals surface area contributed by atoms with Gasteiger partial charge in [-0.05, 0) is 48.9 Å². The van der Waals surface area contributed by atoms with Crippen LogP contribution in [0.3, 0.4) is 0 Å². The predicted octanol–water partition coefficient (Wildman–Crippen LogP) is 3.25. The molecule has 0 spiro atoms. The van der Waals surface area contributed by atoms with Gasteiger partial charge in [-0.25, -0.2) is 0 Å². The minimum Gasteiger partial charge on any atom is -0.484 e. The van der Waals surface area contributed by atoms with Crippen LogP contribution in [-0.2, 0) is 4.79 Å². The lowest BCUT2D eigenvalue weighted by atomic mass is 10.2. The number of carbonyl (C=O) groups is 1. The zero-order valence-electron chi connectivity index (χ0n) is 11.0. The van der Waals surface area contributed by atoms with Gasteiger partial charge in [0.15, 0.2) is 6.61 Å². The summed E-state index contributed by atoms with van der Waals surface area (Å²) in [6, 6.07) is 12.3. The number of rotatable bonds is 4. The van der Waals surface area contributed by atoms with Crippen molar-refractivity contribution in [3.8, 4) is 5.75 Å². The van der Waals surface area contributed by atoms with Gasteiger partial charge in [0.2, 0.25) is 0 Å². The Hall–Kier alpha value is -2.20. The Bertz CT molecular complexity index is 612. The van der Waals surface area contributed by atoms with Crippen molar-refractivity contribution >= 4 is 28.9 Å². The van der Waals surface area contributed by atoms with Crippen molar-refractivity contribution in [2.24, 2.45) is 0 Å². The highest BCUT2D eigenvalue weighted by Gasteiger charge is 2.06. The van der Waals surface area contributed by atoms with Crippen LogP contribution in [0.5, 0.6) is 5.75 Å². The number of anilines is 2. The van der Waals surface area contributed by atoms with Crippen LogP contribution in [0.2, 0.25) is 5.02 Å². The highest BCUT2D eigenvalue weighted by Crippen LogP contribution is 2.22. The molecular weight excluding hydrogens is 276 g/mol. The third kappa shape index (κ3) is 3.90. The number of nitrogens with two attached hydrogens (primary N) is 1. The molecule has 5 heteroatoms. The minimum atomic E-state index is -0.271. The molecule has 2 aromatic carbocycles. The van der Waals surface area contributed by atoms with E-state index in [2.05, 4.69) is 5.32 Å². The summed E-state index contributed by atoms with van der Waals surface area (Å²) in [5.74, 6) is 0.317. The first-order chi connectivity index (χ1) is 9.54. The molecule has 0 fully saturated rings. The number of benzene rings is 2. The second-order valence-corrected chi connectivity index (χ2v) is 4.80. The van der Waals surface area contributed by atoms with E-state index in [-0.39, 0.29) is 12.5 Å². The van der Waals surface area contributed by atoms with Gasteiger partial charge in [0, 0.05) is 5.69 Å². The number of aryl methyl sites for hydroxylation is 1. The molecule has 1 amide bonds. The van der Waals surface area contributed by atoms with Gasteiger partial charge >= 0.3 is 0 Å². The maximum Gasteiger partial charge on any atom is 0.262 e. The fourth-order valence-corrected chi connectivity index (χ4v) is 1.90. The first-order valence-corrected chi connectivity index (χ1v) is 6.47. The van der Waals surface area contributed by atoms with E-state index in [1.54, 1.807) is 36.4 Å². The summed E-state index contributed by atoms with van der Waals surface area (Å²) in [5, 5.41) is 3.20. The van der Waals surface area contributed by atoms with Gasteiger partial charge in [-0.2, -0.15) is 0 Å². The lowest BCUT2D eigenvalue weighted by molar-refractivity contribution is -0.118. The molecule has 0 unspecified atom stereocenters. The SMILES string of the molecule is Cc1ccc(NC(=O)COc2ccc(N)cc2)c(Cl)c1. The van der Waals surface area contributed by atoms with E-state index in [1.807, 2.05) is 13.0 Å². The Morgan fingerprint density at radius 1 is 1.25 bits per heavy atom. The predicted molar refractivity (Wildman–Crippen MR) is 81.2 cm³/mol. The van der Waals surface area contributed by atoms with Gasteiger partial charge in [0.05, 0.1) is 10.7 Å². The van der Waals surface area contributed by atoms with Crippen LogP contribution < -0.4 is 15.8 Å². The first kappa shape index (κ1) is 14.2. The van der Waals surface area contributed by atoms with E-state index in [4.69, 9.17) is 22.1 Å². The standard InChI is InChI=1S/C15H15ClN2O2/c1-10-2-7-14(13(16)8-10)18-15(19)9-20-12-5-3-11(17)4-6-12/h2-8H,9,17H2,1H3,(H,18,19). The van der Waals surface area contributed by atoms with E-state index < -0.39 is 0 Å². The smallest absolute Gasteiger partial charge is 0.262 e. The summed E-state index contributed by atoms with van der Waals surface area (Å²) in [5.41, 5.74) is 7.82. The number of carbonyl (C=O) groups excluding carboxylic acids is 1. The van der Waals surface area contributed by atoms with E-state index in [0.29, 0.717) is 22.1 Å². The molecule has 3 N–H and O–H groups in total. The topological polar surface area (TPSA) is 64.3 Å². The number of amides is 1. The Kier molecular flexibility index (Phi) is 4.48. The zero-order chi connectivity index (χ0) is 14.5. The number of nitrogens with one attached hydrogen (secondary N) is 1. The van der Waals surface area contributed by atoms with Gasteiger partial charge in [-0.15, -0.1) is 0 Å². The molecule has 0 saturated carbocycles. The number of ether oxygens (including phenoxy) is 1. The van der Waals surface area contributed by atoms with Crippen molar-refractivity contribution in [3.05, 3.63) is 53.1 Å². The minimum absolute atomic E-state index is 0.0892. The summed E-state index contributed by atoms with van der Waals surface area (Å²) in [6.45, 7) is 1.84. The van der Waals surface area contributed by atoms with Crippen molar-refractivity contribution in [1.29, 1.82) is 0 Å². The molecule has 0 heterocycles. The summed E-state index contributed by atoms with van der Waals surface area (Å²) in [6.07, 6.45) is 0. The Morgan fingerprint density at radius 3 is 2.60 bits per heavy atom. The normalized spacial score (nSPS) is 10.1. The number of halogens is 1. The molecule has 0 aliphatic heterocycles. The molecule has 0 aromatic heterocycles. The second kappa shape index (κ2) is 6.30. The molecule has 20 heavy (non-hydrogen) atoms. The maximum atomic E-state index is 11.8. The maximum absolute atomic E-state index is 11.8. The average molecular weight is 291 g/mol. The van der Waals surface area contributed by atoms with Crippen molar-refractivity contribution in [3.63, 3.8) is 0 Å². The van der Waals surface area contributed by atoms with Crippen LogP contribution in [-0.4, -0.2) is 12.5 Å². The zero-order valence-corrected chi connectivity index (χ0v) is 11.8. The van der Waals surface area contributed by atoms with E-state index >= 15 is 0 Å². The van der Waals surface area contributed by atoms with Crippen LogP contribution in [0.1, 0.15) is 5.56 Å². The van der Waals surface area contributed by atoms with Crippen LogP contribution in [0.15, 0.2) is 42.5 Å². The van der Waals surface area contributed by atoms with Gasteiger partial charge in [-0.3, -0.25) is 4.79 Å². The lowest BCUT2D eigenvalue weighted by Crippen LogP contribution is -2.20. The highest BCUT2D eigenvalue weighted by molar-refractivity contribution is 6.33. The van der Waals surface area contributed by atoms with Crippen LogP contribution >= 0.6 is 11.6 Å². The summed E-state index contributed by atoms with van der Waals surface area (Å²) < 4.78 is 5.35. The number of nitrogen functional groups attached to an aromatic ring is 1. The Labute approximate surface area is 122 Å². The average Bonchev–Trinajstić information content (AvgIpc) is 2.41. The highest BCUT2D eigenvalue weighted by atomic mass is 35.5. The molecule has 0 atom stereocenters. The summed E-state index contributed by atoms with van der Waals surface area (Å²) in [7, 11) is 0.